The highest BCUT2D eigenvalue weighted by atomic mass is 16.5. The first-order valence-corrected chi connectivity index (χ1v) is 16.1. The molecular weight excluding hydrogens is 538 g/mol. The normalized spacial score (nSPS) is 29.3. The third-order valence-corrected chi connectivity index (χ3v) is 12.3. The molecule has 4 atom stereocenters. The molecule has 2 heterocycles. The summed E-state index contributed by atoms with van der Waals surface area (Å²) in [7, 11) is 1.69. The molecule has 7 heteroatoms. The van der Waals surface area contributed by atoms with E-state index >= 15 is 0 Å². The fraction of sp³-hybridized carbons (Fsp3) is 0.556. The minimum atomic E-state index is -0.609. The number of aromatic nitrogens is 1. The van der Waals surface area contributed by atoms with Crippen molar-refractivity contribution in [2.75, 3.05) is 13.7 Å². The van der Waals surface area contributed by atoms with Crippen molar-refractivity contribution < 1.29 is 19.4 Å². The van der Waals surface area contributed by atoms with Crippen LogP contribution in [0.2, 0.25) is 0 Å². The van der Waals surface area contributed by atoms with Crippen molar-refractivity contribution in [1.29, 1.82) is 0 Å². The number of hydrogen-bond acceptors (Lipinski definition) is 4. The zero-order valence-corrected chi connectivity index (χ0v) is 26.0. The van der Waals surface area contributed by atoms with Gasteiger partial charge in [-0.05, 0) is 90.3 Å². The molecule has 3 aliphatic carbocycles. The number of rotatable bonds is 6. The van der Waals surface area contributed by atoms with Crippen LogP contribution in [0.5, 0.6) is 5.75 Å². The first-order chi connectivity index (χ1) is 20.5. The number of aliphatic hydroxyl groups excluding tert-OH is 1. The van der Waals surface area contributed by atoms with Gasteiger partial charge < -0.3 is 25.5 Å². The van der Waals surface area contributed by atoms with E-state index in [1.807, 2.05) is 18.2 Å². The Hall–Kier alpha value is -3.32. The summed E-state index contributed by atoms with van der Waals surface area (Å²) in [6.45, 7) is 7.51. The highest BCUT2D eigenvalue weighted by Crippen LogP contribution is 2.65. The SMILES string of the molecule is COc1ccc2c(c1)C1CC1(C(=O)NCC1(C)CCC(O)C1(C)C)Cn1c-2c(C2CCCCC2)c2ccc(C(N)=O)cc21. The lowest BCUT2D eigenvalue weighted by Gasteiger charge is -2.40. The van der Waals surface area contributed by atoms with Gasteiger partial charge in [-0.3, -0.25) is 9.59 Å². The molecule has 0 radical (unpaired) electrons. The summed E-state index contributed by atoms with van der Waals surface area (Å²) in [4.78, 5) is 26.7. The first kappa shape index (κ1) is 28.5. The Bertz CT molecular complexity index is 1630. The number of ether oxygens (including phenoxy) is 1. The largest absolute Gasteiger partial charge is 0.497 e. The third-order valence-electron chi connectivity index (χ3n) is 12.3. The number of benzene rings is 2. The van der Waals surface area contributed by atoms with Gasteiger partial charge >= 0.3 is 0 Å². The van der Waals surface area contributed by atoms with Gasteiger partial charge in [0.05, 0.1) is 24.3 Å². The van der Waals surface area contributed by atoms with E-state index < -0.39 is 11.3 Å². The van der Waals surface area contributed by atoms with Gasteiger partial charge in [-0.15, -0.1) is 0 Å². The van der Waals surface area contributed by atoms with Crippen LogP contribution in [0.3, 0.4) is 0 Å². The van der Waals surface area contributed by atoms with Gasteiger partial charge in [0, 0.05) is 41.0 Å². The van der Waals surface area contributed by atoms with Gasteiger partial charge in [-0.2, -0.15) is 0 Å². The molecule has 4 N–H and O–H groups in total. The second kappa shape index (κ2) is 9.85. The lowest BCUT2D eigenvalue weighted by Crippen LogP contribution is -2.47. The summed E-state index contributed by atoms with van der Waals surface area (Å²) >= 11 is 0. The van der Waals surface area contributed by atoms with Gasteiger partial charge in [0.25, 0.3) is 0 Å². The molecule has 0 bridgehead atoms. The van der Waals surface area contributed by atoms with Crippen molar-refractivity contribution in [1.82, 2.24) is 9.88 Å². The zero-order chi connectivity index (χ0) is 30.3. The monoisotopic (exact) mass is 583 g/mol. The summed E-state index contributed by atoms with van der Waals surface area (Å²) in [5.74, 6) is 0.929. The smallest absolute Gasteiger partial charge is 0.248 e. The van der Waals surface area contributed by atoms with Crippen molar-refractivity contribution in [2.24, 2.45) is 22.0 Å². The summed E-state index contributed by atoms with van der Waals surface area (Å²) in [5.41, 5.74) is 11.1. The van der Waals surface area contributed by atoms with E-state index in [-0.39, 0.29) is 28.8 Å². The molecule has 1 aliphatic heterocycles. The first-order valence-electron chi connectivity index (χ1n) is 16.1. The van der Waals surface area contributed by atoms with Gasteiger partial charge in [0.2, 0.25) is 11.8 Å². The Morgan fingerprint density at radius 1 is 1.07 bits per heavy atom. The van der Waals surface area contributed by atoms with E-state index in [1.54, 1.807) is 7.11 Å². The van der Waals surface area contributed by atoms with Crippen LogP contribution < -0.4 is 15.8 Å². The minimum Gasteiger partial charge on any atom is -0.497 e. The van der Waals surface area contributed by atoms with Crippen LogP contribution in [0.25, 0.3) is 22.2 Å². The molecule has 0 spiro atoms. The van der Waals surface area contributed by atoms with Crippen molar-refractivity contribution >= 4 is 22.7 Å². The van der Waals surface area contributed by atoms with Gasteiger partial charge in [-0.1, -0.05) is 46.1 Å². The lowest BCUT2D eigenvalue weighted by atomic mass is 9.68. The standard InChI is InChI=1S/C36H45N3O4/c1-34(2)29(40)14-15-35(34,3)19-38-33(42)36-18-27(36)26-17-23(43-4)11-13-24(26)31-30(21-8-6-5-7-9-21)25-12-10-22(32(37)41)16-28(25)39(31)20-36/h10-13,16-17,21,27,29,40H,5-9,14-15,18-20H2,1-4H3,(H2,37,41)(H,38,42). The van der Waals surface area contributed by atoms with E-state index in [4.69, 9.17) is 10.5 Å². The van der Waals surface area contributed by atoms with Gasteiger partial charge in [0.1, 0.15) is 5.75 Å². The van der Waals surface area contributed by atoms with Crippen LogP contribution >= 0.6 is 0 Å². The summed E-state index contributed by atoms with van der Waals surface area (Å²) in [6, 6.07) is 12.2. The number of nitrogens with two attached hydrogens (primary N) is 1. The summed E-state index contributed by atoms with van der Waals surface area (Å²) < 4.78 is 8.04. The number of fused-ring (bicyclic) bond motifs is 7. The van der Waals surface area contributed by atoms with E-state index in [1.165, 1.54) is 41.6 Å². The predicted molar refractivity (Wildman–Crippen MR) is 168 cm³/mol. The van der Waals surface area contributed by atoms with E-state index in [2.05, 4.69) is 48.9 Å². The number of nitrogens with one attached hydrogen (secondary N) is 1. The molecule has 2 aromatic carbocycles. The molecule has 228 valence electrons. The molecule has 3 fully saturated rings. The fourth-order valence-corrected chi connectivity index (χ4v) is 8.76. The van der Waals surface area contributed by atoms with Crippen LogP contribution in [0.15, 0.2) is 36.4 Å². The van der Waals surface area contributed by atoms with Crippen LogP contribution in [-0.2, 0) is 11.3 Å². The van der Waals surface area contributed by atoms with Crippen molar-refractivity contribution in [2.45, 2.75) is 96.6 Å². The summed E-state index contributed by atoms with van der Waals surface area (Å²) in [5, 5.41) is 15.2. The topological polar surface area (TPSA) is 107 Å². The highest BCUT2D eigenvalue weighted by molar-refractivity contribution is 6.01. The molecule has 3 saturated carbocycles. The molecule has 0 saturated heterocycles. The maximum atomic E-state index is 14.4. The molecular formula is C36H45N3O4. The number of amides is 2. The third kappa shape index (κ3) is 4.17. The number of methoxy groups -OCH3 is 1. The maximum Gasteiger partial charge on any atom is 0.248 e. The molecule has 4 aliphatic rings. The Kier molecular flexibility index (Phi) is 6.52. The van der Waals surface area contributed by atoms with E-state index in [0.29, 0.717) is 24.6 Å². The van der Waals surface area contributed by atoms with Crippen molar-refractivity contribution in [3.63, 3.8) is 0 Å². The minimum absolute atomic E-state index is 0.0704. The molecule has 3 aromatic rings. The number of carbonyl (C=O) groups excluding carboxylic acids is 2. The van der Waals surface area contributed by atoms with Crippen LogP contribution in [-0.4, -0.2) is 41.2 Å². The Balaban J connectivity index is 1.37. The molecule has 7 rings (SSSR count). The van der Waals surface area contributed by atoms with Crippen molar-refractivity contribution in [3.8, 4) is 17.0 Å². The highest BCUT2D eigenvalue weighted by Gasteiger charge is 2.63. The van der Waals surface area contributed by atoms with Gasteiger partial charge in [-0.25, -0.2) is 0 Å². The number of carbonyl (C=O) groups is 2. The summed E-state index contributed by atoms with van der Waals surface area (Å²) in [6.07, 6.45) is 8.00. The van der Waals surface area contributed by atoms with E-state index in [9.17, 15) is 14.7 Å². The van der Waals surface area contributed by atoms with Crippen LogP contribution in [0.1, 0.15) is 105 Å². The number of aliphatic hydroxyl groups is 1. The van der Waals surface area contributed by atoms with Crippen LogP contribution in [0.4, 0.5) is 0 Å². The molecule has 43 heavy (non-hydrogen) atoms. The van der Waals surface area contributed by atoms with Crippen LogP contribution in [0, 0.1) is 16.2 Å². The number of nitrogens with zero attached hydrogens (tertiary/aromatic N) is 1. The zero-order valence-electron chi connectivity index (χ0n) is 26.0. The maximum absolute atomic E-state index is 14.4. The number of hydrogen-bond donors (Lipinski definition) is 3. The Morgan fingerprint density at radius 2 is 1.84 bits per heavy atom. The van der Waals surface area contributed by atoms with E-state index in [0.717, 1.165) is 48.8 Å². The lowest BCUT2D eigenvalue weighted by molar-refractivity contribution is -0.128. The van der Waals surface area contributed by atoms with Gasteiger partial charge in [0.15, 0.2) is 0 Å². The average molecular weight is 584 g/mol. The Morgan fingerprint density at radius 3 is 2.51 bits per heavy atom. The quantitative estimate of drug-likeness (QED) is 0.319. The average Bonchev–Trinajstić information content (AvgIpc) is 3.63. The molecule has 1 aromatic heterocycles. The molecule has 4 unspecified atom stereocenters. The second-order valence-corrected chi connectivity index (χ2v) is 14.7. The van der Waals surface area contributed by atoms with Crippen molar-refractivity contribution in [3.05, 3.63) is 53.1 Å². The predicted octanol–water partition coefficient (Wildman–Crippen LogP) is 6.25. The fourth-order valence-electron chi connectivity index (χ4n) is 8.76. The molecule has 2 amide bonds. The number of primary amides is 1. The second-order valence-electron chi connectivity index (χ2n) is 14.7. The Labute approximate surface area is 254 Å². The molecule has 7 nitrogen and oxygen atoms in total.